The second kappa shape index (κ2) is 7.88. The Balaban J connectivity index is 0.000000219. The van der Waals surface area contributed by atoms with Crippen LogP contribution >= 0.6 is 0 Å². The van der Waals surface area contributed by atoms with Crippen LogP contribution in [0.1, 0.15) is 52.5 Å². The van der Waals surface area contributed by atoms with Crippen molar-refractivity contribution in [1.82, 2.24) is 20.0 Å². The Morgan fingerprint density at radius 1 is 1.20 bits per heavy atom. The van der Waals surface area contributed by atoms with Crippen molar-refractivity contribution in [3.8, 4) is 0 Å². The van der Waals surface area contributed by atoms with Gasteiger partial charge in [0.15, 0.2) is 0 Å². The van der Waals surface area contributed by atoms with Crippen LogP contribution in [0, 0.1) is 5.92 Å². The Morgan fingerprint density at radius 3 is 2.60 bits per heavy atom. The first kappa shape index (κ1) is 18.4. The third kappa shape index (κ3) is 4.62. The van der Waals surface area contributed by atoms with Gasteiger partial charge < -0.3 is 10.2 Å². The minimum atomic E-state index is 0.265. The maximum absolute atomic E-state index is 4.73. The average molecular weight is 343 g/mol. The molecule has 3 heterocycles. The van der Waals surface area contributed by atoms with E-state index in [1.54, 1.807) is 0 Å². The first-order chi connectivity index (χ1) is 12.0. The van der Waals surface area contributed by atoms with Gasteiger partial charge in [0, 0.05) is 23.7 Å². The van der Waals surface area contributed by atoms with E-state index in [0.717, 1.165) is 24.4 Å². The van der Waals surface area contributed by atoms with Crippen molar-refractivity contribution in [3.63, 3.8) is 0 Å². The summed E-state index contributed by atoms with van der Waals surface area (Å²) in [5, 5.41) is 9.30. The lowest BCUT2D eigenvalue weighted by Crippen LogP contribution is -2.47. The van der Waals surface area contributed by atoms with E-state index >= 15 is 0 Å². The SMILES string of the molecule is CC1CCCNC1.CN1CCC(n2cc3ccccc3n2)CC1(C)C. The van der Waals surface area contributed by atoms with Gasteiger partial charge in [0.05, 0.1) is 11.6 Å². The molecule has 0 radical (unpaired) electrons. The predicted octanol–water partition coefficient (Wildman–Crippen LogP) is 4.09. The molecular weight excluding hydrogens is 308 g/mol. The summed E-state index contributed by atoms with van der Waals surface area (Å²) in [6.45, 7) is 10.6. The van der Waals surface area contributed by atoms with Gasteiger partial charge in [-0.15, -0.1) is 0 Å². The number of nitrogens with one attached hydrogen (secondary N) is 1. The molecule has 0 aliphatic carbocycles. The molecule has 2 aliphatic heterocycles. The molecule has 2 unspecified atom stereocenters. The van der Waals surface area contributed by atoms with Crippen LogP contribution in [-0.4, -0.2) is 46.9 Å². The van der Waals surface area contributed by atoms with Crippen molar-refractivity contribution < 1.29 is 0 Å². The highest BCUT2D eigenvalue weighted by atomic mass is 15.3. The number of piperidine rings is 2. The summed E-state index contributed by atoms with van der Waals surface area (Å²) in [6.07, 6.45) is 7.35. The highest BCUT2D eigenvalue weighted by Gasteiger charge is 2.33. The third-order valence-corrected chi connectivity index (χ3v) is 5.91. The Kier molecular flexibility index (Phi) is 5.80. The van der Waals surface area contributed by atoms with Gasteiger partial charge in [-0.1, -0.05) is 25.1 Å². The Hall–Kier alpha value is -1.39. The lowest BCUT2D eigenvalue weighted by atomic mass is 9.87. The summed E-state index contributed by atoms with van der Waals surface area (Å²) in [6, 6.07) is 8.89. The van der Waals surface area contributed by atoms with Gasteiger partial charge in [-0.2, -0.15) is 5.10 Å². The minimum Gasteiger partial charge on any atom is -0.316 e. The molecule has 1 aromatic heterocycles. The van der Waals surface area contributed by atoms with Crippen LogP contribution in [0.25, 0.3) is 10.9 Å². The summed E-state index contributed by atoms with van der Waals surface area (Å²) >= 11 is 0. The Labute approximate surface area is 152 Å². The standard InChI is InChI=1S/C15H21N3.C6H13N/c1-15(2)10-13(8-9-17(15)3)18-11-12-6-4-5-7-14(12)16-18;1-6-3-2-4-7-5-6/h4-7,11,13H,8-10H2,1-3H3;6-7H,2-5H2,1H3. The molecule has 0 bridgehead atoms. The summed E-state index contributed by atoms with van der Waals surface area (Å²) in [5.74, 6) is 0.925. The molecule has 2 saturated heterocycles. The molecule has 25 heavy (non-hydrogen) atoms. The minimum absolute atomic E-state index is 0.265. The van der Waals surface area contributed by atoms with E-state index in [2.05, 4.69) is 73.2 Å². The highest BCUT2D eigenvalue weighted by Crippen LogP contribution is 2.33. The zero-order valence-corrected chi connectivity index (χ0v) is 16.3. The second-order valence-corrected chi connectivity index (χ2v) is 8.50. The molecule has 0 amide bonds. The van der Waals surface area contributed by atoms with Gasteiger partial charge in [-0.05, 0) is 71.7 Å². The largest absolute Gasteiger partial charge is 0.316 e. The molecule has 2 aromatic rings. The van der Waals surface area contributed by atoms with Crippen LogP contribution in [0.15, 0.2) is 30.5 Å². The van der Waals surface area contributed by atoms with Crippen LogP contribution in [0.4, 0.5) is 0 Å². The molecule has 4 heteroatoms. The monoisotopic (exact) mass is 342 g/mol. The van der Waals surface area contributed by atoms with Crippen LogP contribution in [-0.2, 0) is 0 Å². The topological polar surface area (TPSA) is 33.1 Å². The molecule has 2 aliphatic rings. The summed E-state index contributed by atoms with van der Waals surface area (Å²) in [7, 11) is 2.22. The van der Waals surface area contributed by atoms with Gasteiger partial charge in [-0.3, -0.25) is 4.68 Å². The van der Waals surface area contributed by atoms with Crippen molar-refractivity contribution in [2.24, 2.45) is 5.92 Å². The van der Waals surface area contributed by atoms with Crippen LogP contribution in [0.2, 0.25) is 0 Å². The molecular formula is C21H34N4. The van der Waals surface area contributed by atoms with Crippen molar-refractivity contribution in [1.29, 1.82) is 0 Å². The van der Waals surface area contributed by atoms with E-state index in [1.165, 1.54) is 37.7 Å². The number of hydrogen-bond donors (Lipinski definition) is 1. The van der Waals surface area contributed by atoms with Gasteiger partial charge in [0.25, 0.3) is 0 Å². The number of hydrogen-bond acceptors (Lipinski definition) is 3. The van der Waals surface area contributed by atoms with Gasteiger partial charge in [0.2, 0.25) is 0 Å². The molecule has 1 N–H and O–H groups in total. The van der Waals surface area contributed by atoms with E-state index < -0.39 is 0 Å². The van der Waals surface area contributed by atoms with E-state index in [9.17, 15) is 0 Å². The molecule has 0 saturated carbocycles. The smallest absolute Gasteiger partial charge is 0.0923 e. The van der Waals surface area contributed by atoms with Gasteiger partial charge in [-0.25, -0.2) is 0 Å². The fourth-order valence-electron chi connectivity index (χ4n) is 3.90. The number of likely N-dealkylation sites (tertiary alicyclic amines) is 1. The molecule has 0 spiro atoms. The van der Waals surface area contributed by atoms with Crippen molar-refractivity contribution in [2.45, 2.75) is 58.0 Å². The predicted molar refractivity (Wildman–Crippen MR) is 106 cm³/mol. The number of rotatable bonds is 1. The summed E-state index contributed by atoms with van der Waals surface area (Å²) in [4.78, 5) is 2.45. The maximum Gasteiger partial charge on any atom is 0.0923 e. The Morgan fingerprint density at radius 2 is 2.00 bits per heavy atom. The third-order valence-electron chi connectivity index (χ3n) is 5.91. The fourth-order valence-corrected chi connectivity index (χ4v) is 3.90. The van der Waals surface area contributed by atoms with E-state index in [4.69, 9.17) is 5.10 Å². The van der Waals surface area contributed by atoms with Crippen molar-refractivity contribution in [3.05, 3.63) is 30.5 Å². The van der Waals surface area contributed by atoms with Crippen molar-refractivity contribution >= 4 is 10.9 Å². The number of nitrogens with zero attached hydrogens (tertiary/aromatic N) is 3. The molecule has 2 atom stereocenters. The quantitative estimate of drug-likeness (QED) is 0.847. The first-order valence-electron chi connectivity index (χ1n) is 9.81. The van der Waals surface area contributed by atoms with E-state index in [0.29, 0.717) is 6.04 Å². The highest BCUT2D eigenvalue weighted by molar-refractivity contribution is 5.77. The number of aromatic nitrogens is 2. The number of benzene rings is 1. The van der Waals surface area contributed by atoms with Gasteiger partial charge >= 0.3 is 0 Å². The summed E-state index contributed by atoms with van der Waals surface area (Å²) < 4.78 is 2.18. The average Bonchev–Trinajstić information content (AvgIpc) is 3.03. The second-order valence-electron chi connectivity index (χ2n) is 8.50. The first-order valence-corrected chi connectivity index (χ1v) is 9.81. The van der Waals surface area contributed by atoms with Crippen LogP contribution in [0.3, 0.4) is 0 Å². The molecule has 2 fully saturated rings. The maximum atomic E-state index is 4.73. The van der Waals surface area contributed by atoms with Crippen LogP contribution in [0.5, 0.6) is 0 Å². The fraction of sp³-hybridized carbons (Fsp3) is 0.667. The normalized spacial score (nSPS) is 26.9. The number of fused-ring (bicyclic) bond motifs is 1. The molecule has 4 nitrogen and oxygen atoms in total. The lowest BCUT2D eigenvalue weighted by molar-refractivity contribution is 0.0721. The van der Waals surface area contributed by atoms with Crippen LogP contribution < -0.4 is 5.32 Å². The van der Waals surface area contributed by atoms with E-state index in [-0.39, 0.29) is 5.54 Å². The van der Waals surface area contributed by atoms with Crippen molar-refractivity contribution in [2.75, 3.05) is 26.7 Å². The van der Waals surface area contributed by atoms with Gasteiger partial charge in [0.1, 0.15) is 0 Å². The zero-order valence-electron chi connectivity index (χ0n) is 16.3. The zero-order chi connectivity index (χ0) is 17.9. The molecule has 138 valence electrons. The molecule has 1 aromatic carbocycles. The summed E-state index contributed by atoms with van der Waals surface area (Å²) in [5.41, 5.74) is 1.37. The lowest BCUT2D eigenvalue weighted by Gasteiger charge is -2.43. The molecule has 4 rings (SSSR count). The Bertz CT molecular complexity index is 636. The van der Waals surface area contributed by atoms with E-state index in [1.807, 2.05) is 0 Å².